The highest BCUT2D eigenvalue weighted by Gasteiger charge is 2.32. The first-order chi connectivity index (χ1) is 13.5. The summed E-state index contributed by atoms with van der Waals surface area (Å²) in [7, 11) is 0. The van der Waals surface area contributed by atoms with E-state index in [1.165, 1.54) is 5.56 Å². The van der Waals surface area contributed by atoms with Crippen LogP contribution >= 0.6 is 11.6 Å². The first-order valence-electron chi connectivity index (χ1n) is 9.66. The lowest BCUT2D eigenvalue weighted by atomic mass is 10.1. The van der Waals surface area contributed by atoms with Crippen molar-refractivity contribution in [3.05, 3.63) is 63.7 Å². The van der Waals surface area contributed by atoms with Crippen LogP contribution in [-0.2, 0) is 6.42 Å². The third-order valence-corrected chi connectivity index (χ3v) is 5.67. The Balaban J connectivity index is 1.47. The van der Waals surface area contributed by atoms with E-state index in [4.69, 9.17) is 11.6 Å². The van der Waals surface area contributed by atoms with Gasteiger partial charge in [-0.25, -0.2) is 4.68 Å². The van der Waals surface area contributed by atoms with Crippen molar-refractivity contribution in [2.45, 2.75) is 45.4 Å². The zero-order valence-electron chi connectivity index (χ0n) is 16.1. The number of nitrogens with zero attached hydrogens (tertiary/aromatic N) is 3. The molecular formula is C21H24ClN5O. The molecule has 6 nitrogen and oxygen atoms in total. The number of nitrogens with one attached hydrogen (secondary N) is 2. The second-order valence-corrected chi connectivity index (χ2v) is 7.85. The van der Waals surface area contributed by atoms with Crippen LogP contribution in [0.3, 0.4) is 0 Å². The average Bonchev–Trinajstić information content (AvgIpc) is 3.29. The van der Waals surface area contributed by atoms with Crippen LogP contribution < -0.4 is 5.32 Å². The smallest absolute Gasteiger partial charge is 0.254 e. The fraction of sp³-hybridized carbons (Fsp3) is 0.381. The molecule has 0 aliphatic heterocycles. The van der Waals surface area contributed by atoms with E-state index in [0.29, 0.717) is 23.0 Å². The zero-order valence-corrected chi connectivity index (χ0v) is 16.9. The third kappa shape index (κ3) is 3.83. The Morgan fingerprint density at radius 1 is 1.32 bits per heavy atom. The van der Waals surface area contributed by atoms with Gasteiger partial charge in [0.05, 0.1) is 29.3 Å². The fourth-order valence-electron chi connectivity index (χ4n) is 3.41. The highest BCUT2D eigenvalue weighted by Crippen LogP contribution is 2.42. The molecule has 1 fully saturated rings. The summed E-state index contributed by atoms with van der Waals surface area (Å²) in [4.78, 5) is 12.8. The van der Waals surface area contributed by atoms with E-state index in [0.717, 1.165) is 48.3 Å². The molecule has 1 aliphatic carbocycles. The summed E-state index contributed by atoms with van der Waals surface area (Å²) < 4.78 is 1.87. The number of aryl methyl sites for hydroxylation is 3. The van der Waals surface area contributed by atoms with Crippen LogP contribution in [0.25, 0.3) is 5.69 Å². The number of hydrogen-bond acceptors (Lipinski definition) is 3. The van der Waals surface area contributed by atoms with E-state index in [-0.39, 0.29) is 5.91 Å². The summed E-state index contributed by atoms with van der Waals surface area (Å²) in [6.07, 6.45) is 7.46. The van der Waals surface area contributed by atoms with Gasteiger partial charge in [-0.2, -0.15) is 10.2 Å². The Morgan fingerprint density at radius 2 is 2.14 bits per heavy atom. The van der Waals surface area contributed by atoms with Crippen LogP contribution in [0, 0.1) is 13.8 Å². The molecular weight excluding hydrogens is 374 g/mol. The minimum Gasteiger partial charge on any atom is -0.352 e. The highest BCUT2D eigenvalue weighted by atomic mass is 35.5. The number of rotatable bonds is 7. The van der Waals surface area contributed by atoms with E-state index >= 15 is 0 Å². The SMILES string of the molecule is Cc1ccc(-n2ncc(C(=O)NCCCc3cn[nH]c3C)c2C2CC2)cc1Cl. The number of amides is 1. The molecule has 0 bridgehead atoms. The predicted octanol–water partition coefficient (Wildman–Crippen LogP) is 4.11. The zero-order chi connectivity index (χ0) is 19.7. The van der Waals surface area contributed by atoms with Gasteiger partial charge in [0.2, 0.25) is 0 Å². The van der Waals surface area contributed by atoms with Crippen LogP contribution in [0.4, 0.5) is 0 Å². The molecule has 2 aromatic heterocycles. The van der Waals surface area contributed by atoms with Crippen LogP contribution in [0.5, 0.6) is 0 Å². The molecule has 146 valence electrons. The number of benzene rings is 1. The average molecular weight is 398 g/mol. The molecule has 28 heavy (non-hydrogen) atoms. The number of H-pyrrole nitrogens is 1. The molecule has 1 aromatic carbocycles. The van der Waals surface area contributed by atoms with Crippen LogP contribution in [0.2, 0.25) is 5.02 Å². The van der Waals surface area contributed by atoms with Crippen LogP contribution in [0.15, 0.2) is 30.6 Å². The van der Waals surface area contributed by atoms with Crippen molar-refractivity contribution in [1.82, 2.24) is 25.3 Å². The Bertz CT molecular complexity index is 1000. The van der Waals surface area contributed by atoms with E-state index in [9.17, 15) is 4.79 Å². The van der Waals surface area contributed by atoms with Crippen molar-refractivity contribution in [1.29, 1.82) is 0 Å². The number of aromatic nitrogens is 4. The highest BCUT2D eigenvalue weighted by molar-refractivity contribution is 6.31. The van der Waals surface area contributed by atoms with Gasteiger partial charge in [0.25, 0.3) is 5.91 Å². The molecule has 2 N–H and O–H groups in total. The monoisotopic (exact) mass is 397 g/mol. The van der Waals surface area contributed by atoms with Crippen LogP contribution in [-0.4, -0.2) is 32.4 Å². The molecule has 1 aliphatic rings. The van der Waals surface area contributed by atoms with Crippen LogP contribution in [0.1, 0.15) is 58.1 Å². The van der Waals surface area contributed by atoms with Gasteiger partial charge in [-0.3, -0.25) is 9.89 Å². The Morgan fingerprint density at radius 3 is 2.82 bits per heavy atom. The van der Waals surface area contributed by atoms with Gasteiger partial charge >= 0.3 is 0 Å². The minimum absolute atomic E-state index is 0.0599. The van der Waals surface area contributed by atoms with Crippen molar-refractivity contribution in [3.8, 4) is 5.69 Å². The second kappa shape index (κ2) is 7.80. The van der Waals surface area contributed by atoms with E-state index < -0.39 is 0 Å². The van der Waals surface area contributed by atoms with Crippen molar-refractivity contribution < 1.29 is 4.79 Å². The maximum atomic E-state index is 12.8. The topological polar surface area (TPSA) is 75.6 Å². The number of hydrogen-bond donors (Lipinski definition) is 2. The van der Waals surface area contributed by atoms with Crippen molar-refractivity contribution >= 4 is 17.5 Å². The van der Waals surface area contributed by atoms with Gasteiger partial charge in [-0.1, -0.05) is 17.7 Å². The fourth-order valence-corrected chi connectivity index (χ4v) is 3.58. The first-order valence-corrected chi connectivity index (χ1v) is 10.0. The Labute approximate surface area is 169 Å². The summed E-state index contributed by atoms with van der Waals surface area (Å²) in [6.45, 7) is 4.60. The van der Waals surface area contributed by atoms with Gasteiger partial charge in [-0.05, 0) is 62.8 Å². The quantitative estimate of drug-likeness (QED) is 0.589. The lowest BCUT2D eigenvalue weighted by molar-refractivity contribution is 0.0952. The number of carbonyl (C=O) groups is 1. The summed E-state index contributed by atoms with van der Waals surface area (Å²) in [5.74, 6) is 0.326. The Kier molecular flexibility index (Phi) is 5.22. The van der Waals surface area contributed by atoms with Crippen molar-refractivity contribution in [3.63, 3.8) is 0 Å². The molecule has 1 amide bonds. The van der Waals surface area contributed by atoms with Crippen molar-refractivity contribution in [2.75, 3.05) is 6.54 Å². The number of carbonyl (C=O) groups excluding carboxylic acids is 1. The molecule has 2 heterocycles. The van der Waals surface area contributed by atoms with Gasteiger partial charge in [-0.15, -0.1) is 0 Å². The molecule has 0 radical (unpaired) electrons. The molecule has 0 atom stereocenters. The number of halogens is 1. The molecule has 0 spiro atoms. The minimum atomic E-state index is -0.0599. The predicted molar refractivity (Wildman–Crippen MR) is 109 cm³/mol. The van der Waals surface area contributed by atoms with Gasteiger partial charge < -0.3 is 5.32 Å². The molecule has 4 rings (SSSR count). The number of aromatic amines is 1. The maximum absolute atomic E-state index is 12.8. The molecule has 1 saturated carbocycles. The largest absolute Gasteiger partial charge is 0.352 e. The molecule has 3 aromatic rings. The van der Waals surface area contributed by atoms with E-state index in [1.807, 2.05) is 42.9 Å². The van der Waals surface area contributed by atoms with Gasteiger partial charge in [0.1, 0.15) is 0 Å². The standard InChI is InChI=1S/C21H24ClN5O/c1-13-5-8-17(10-19(13)22)27-20(15-6-7-15)18(12-25-27)21(28)23-9-3-4-16-11-24-26-14(16)2/h5,8,10-12,15H,3-4,6-7,9H2,1-2H3,(H,23,28)(H,24,26). The summed E-state index contributed by atoms with van der Waals surface area (Å²) in [5.41, 5.74) is 5.85. The first kappa shape index (κ1) is 18.7. The summed E-state index contributed by atoms with van der Waals surface area (Å²) in [6, 6.07) is 5.88. The maximum Gasteiger partial charge on any atom is 0.254 e. The normalized spacial score (nSPS) is 13.7. The van der Waals surface area contributed by atoms with E-state index in [2.05, 4.69) is 20.6 Å². The van der Waals surface area contributed by atoms with Crippen molar-refractivity contribution in [2.24, 2.45) is 0 Å². The van der Waals surface area contributed by atoms with Gasteiger partial charge in [0, 0.05) is 23.2 Å². The van der Waals surface area contributed by atoms with Gasteiger partial charge in [0.15, 0.2) is 0 Å². The summed E-state index contributed by atoms with van der Waals surface area (Å²) in [5, 5.41) is 15.2. The molecule has 0 unspecified atom stereocenters. The Hall–Kier alpha value is -2.60. The molecule has 0 saturated heterocycles. The third-order valence-electron chi connectivity index (χ3n) is 5.26. The van der Waals surface area contributed by atoms with E-state index in [1.54, 1.807) is 6.20 Å². The lowest BCUT2D eigenvalue weighted by Crippen LogP contribution is -2.25. The molecule has 7 heteroatoms. The summed E-state index contributed by atoms with van der Waals surface area (Å²) >= 11 is 6.29. The lowest BCUT2D eigenvalue weighted by Gasteiger charge is -2.10. The second-order valence-electron chi connectivity index (χ2n) is 7.44.